The third kappa shape index (κ3) is 3.45. The van der Waals surface area contributed by atoms with E-state index in [4.69, 9.17) is 9.15 Å². The molecule has 0 aliphatic carbocycles. The van der Waals surface area contributed by atoms with Gasteiger partial charge in [-0.1, -0.05) is 49.7 Å². The topological polar surface area (TPSA) is 39.4 Å². The number of benzene rings is 3. The maximum absolute atomic E-state index is 11.9. The minimum atomic E-state index is -0.312. The molecule has 0 aliphatic rings. The Morgan fingerprint density at radius 3 is 2.67 bits per heavy atom. The van der Waals surface area contributed by atoms with Crippen molar-refractivity contribution in [2.24, 2.45) is 0 Å². The van der Waals surface area contributed by atoms with Gasteiger partial charge in [-0.2, -0.15) is 0 Å². The summed E-state index contributed by atoms with van der Waals surface area (Å²) in [6.45, 7) is 4.67. The maximum atomic E-state index is 11.9. The van der Waals surface area contributed by atoms with Crippen LogP contribution in [0.1, 0.15) is 30.0 Å². The molecule has 27 heavy (non-hydrogen) atoms. The van der Waals surface area contributed by atoms with E-state index in [0.717, 1.165) is 23.8 Å². The van der Waals surface area contributed by atoms with Crippen molar-refractivity contribution in [3.63, 3.8) is 0 Å². The van der Waals surface area contributed by atoms with Crippen molar-refractivity contribution < 1.29 is 9.15 Å². The van der Waals surface area contributed by atoms with Crippen LogP contribution >= 0.6 is 0 Å². The second kappa shape index (κ2) is 7.28. The summed E-state index contributed by atoms with van der Waals surface area (Å²) < 4.78 is 11.5. The van der Waals surface area contributed by atoms with E-state index in [0.29, 0.717) is 17.9 Å². The van der Waals surface area contributed by atoms with E-state index in [1.165, 1.54) is 21.9 Å². The summed E-state index contributed by atoms with van der Waals surface area (Å²) in [4.78, 5) is 11.9. The van der Waals surface area contributed by atoms with Crippen LogP contribution in [0.25, 0.3) is 21.7 Å². The SMILES string of the molecule is CCCc1cc(=O)oc2cc(OCc3c(C)ccc4ccccc34)ccc12. The smallest absolute Gasteiger partial charge is 0.336 e. The predicted octanol–water partition coefficient (Wildman–Crippen LogP) is 5.79. The Hall–Kier alpha value is -3.07. The second-order valence-electron chi connectivity index (χ2n) is 6.87. The van der Waals surface area contributed by atoms with Crippen molar-refractivity contribution in [3.8, 4) is 5.75 Å². The van der Waals surface area contributed by atoms with Gasteiger partial charge in [0.1, 0.15) is 17.9 Å². The minimum absolute atomic E-state index is 0.312. The molecular formula is C24H22O3. The van der Waals surface area contributed by atoms with Crippen LogP contribution in [0.15, 0.2) is 69.9 Å². The van der Waals surface area contributed by atoms with E-state index in [-0.39, 0.29) is 5.63 Å². The van der Waals surface area contributed by atoms with Crippen LogP contribution in [0.4, 0.5) is 0 Å². The van der Waals surface area contributed by atoms with Crippen molar-refractivity contribution in [2.75, 3.05) is 0 Å². The van der Waals surface area contributed by atoms with Gasteiger partial charge in [0.2, 0.25) is 0 Å². The van der Waals surface area contributed by atoms with Gasteiger partial charge in [-0.25, -0.2) is 4.79 Å². The van der Waals surface area contributed by atoms with Crippen LogP contribution in [0.5, 0.6) is 5.75 Å². The molecule has 0 spiro atoms. The molecule has 0 atom stereocenters. The predicted molar refractivity (Wildman–Crippen MR) is 109 cm³/mol. The monoisotopic (exact) mass is 358 g/mol. The van der Waals surface area contributed by atoms with Crippen molar-refractivity contribution in [1.29, 1.82) is 0 Å². The lowest BCUT2D eigenvalue weighted by Gasteiger charge is -2.13. The number of hydrogen-bond acceptors (Lipinski definition) is 3. The first-order chi connectivity index (χ1) is 13.2. The Morgan fingerprint density at radius 2 is 1.81 bits per heavy atom. The van der Waals surface area contributed by atoms with Gasteiger partial charge in [-0.3, -0.25) is 0 Å². The number of hydrogen-bond donors (Lipinski definition) is 0. The molecule has 1 heterocycles. The van der Waals surface area contributed by atoms with Crippen LogP contribution in [0.2, 0.25) is 0 Å². The van der Waals surface area contributed by atoms with Gasteiger partial charge in [0.05, 0.1) is 0 Å². The third-order valence-corrected chi connectivity index (χ3v) is 4.98. The van der Waals surface area contributed by atoms with Gasteiger partial charge >= 0.3 is 5.63 Å². The molecule has 0 saturated heterocycles. The average molecular weight is 358 g/mol. The summed E-state index contributed by atoms with van der Waals surface area (Å²) >= 11 is 0. The van der Waals surface area contributed by atoms with Gasteiger partial charge in [0.25, 0.3) is 0 Å². The molecule has 0 radical (unpaired) electrons. The van der Waals surface area contributed by atoms with Crippen molar-refractivity contribution in [2.45, 2.75) is 33.3 Å². The van der Waals surface area contributed by atoms with Crippen LogP contribution < -0.4 is 10.4 Å². The second-order valence-corrected chi connectivity index (χ2v) is 6.87. The Morgan fingerprint density at radius 1 is 0.963 bits per heavy atom. The molecule has 1 aromatic heterocycles. The number of fused-ring (bicyclic) bond motifs is 2. The lowest BCUT2D eigenvalue weighted by atomic mass is 10.0. The van der Waals surface area contributed by atoms with Crippen LogP contribution in [-0.2, 0) is 13.0 Å². The molecule has 3 aromatic carbocycles. The molecule has 0 bridgehead atoms. The third-order valence-electron chi connectivity index (χ3n) is 4.98. The maximum Gasteiger partial charge on any atom is 0.336 e. The van der Waals surface area contributed by atoms with E-state index >= 15 is 0 Å². The van der Waals surface area contributed by atoms with Gasteiger partial charge in [0.15, 0.2) is 0 Å². The summed E-state index contributed by atoms with van der Waals surface area (Å²) in [6, 6.07) is 19.9. The zero-order chi connectivity index (χ0) is 18.8. The highest BCUT2D eigenvalue weighted by molar-refractivity contribution is 5.86. The molecule has 136 valence electrons. The summed E-state index contributed by atoms with van der Waals surface area (Å²) in [6.07, 6.45) is 1.84. The first-order valence-electron chi connectivity index (χ1n) is 9.32. The molecule has 0 N–H and O–H groups in total. The molecule has 0 amide bonds. The van der Waals surface area contributed by atoms with Gasteiger partial charge in [-0.05, 0) is 47.4 Å². The first kappa shape index (κ1) is 17.3. The van der Waals surface area contributed by atoms with E-state index in [2.05, 4.69) is 38.1 Å². The van der Waals surface area contributed by atoms with Crippen LogP contribution in [0.3, 0.4) is 0 Å². The van der Waals surface area contributed by atoms with Crippen molar-refractivity contribution in [3.05, 3.63) is 87.8 Å². The zero-order valence-corrected chi connectivity index (χ0v) is 15.6. The Bertz CT molecular complexity index is 1170. The van der Waals surface area contributed by atoms with Gasteiger partial charge in [0, 0.05) is 23.1 Å². The van der Waals surface area contributed by atoms with E-state index in [9.17, 15) is 4.79 Å². The molecule has 4 aromatic rings. The Kier molecular flexibility index (Phi) is 4.68. The summed E-state index contributed by atoms with van der Waals surface area (Å²) in [5.74, 6) is 0.701. The molecule has 0 aliphatic heterocycles. The van der Waals surface area contributed by atoms with Gasteiger partial charge in [-0.15, -0.1) is 0 Å². The lowest BCUT2D eigenvalue weighted by Crippen LogP contribution is -2.02. The molecular weight excluding hydrogens is 336 g/mol. The molecule has 0 unspecified atom stereocenters. The average Bonchev–Trinajstić information content (AvgIpc) is 2.67. The first-order valence-corrected chi connectivity index (χ1v) is 9.32. The number of ether oxygens (including phenoxy) is 1. The van der Waals surface area contributed by atoms with E-state index < -0.39 is 0 Å². The quantitative estimate of drug-likeness (QED) is 0.424. The highest BCUT2D eigenvalue weighted by Crippen LogP contribution is 2.27. The Balaban J connectivity index is 1.67. The molecule has 4 rings (SSSR count). The normalized spacial score (nSPS) is 11.2. The highest BCUT2D eigenvalue weighted by Gasteiger charge is 2.09. The standard InChI is InChI=1S/C24H22O3/c1-3-6-18-13-24(25)27-23-14-19(11-12-21(18)23)26-15-22-16(2)9-10-17-7-4-5-8-20(17)22/h4-5,7-14H,3,6,15H2,1-2H3. The van der Waals surface area contributed by atoms with Crippen LogP contribution in [0, 0.1) is 6.92 Å². The largest absolute Gasteiger partial charge is 0.489 e. The minimum Gasteiger partial charge on any atom is -0.489 e. The fraction of sp³-hybridized carbons (Fsp3) is 0.208. The Labute approximate surface area is 158 Å². The summed E-state index contributed by atoms with van der Waals surface area (Å²) in [7, 11) is 0. The fourth-order valence-electron chi connectivity index (χ4n) is 3.57. The molecule has 3 nitrogen and oxygen atoms in total. The highest BCUT2D eigenvalue weighted by atomic mass is 16.5. The van der Waals surface area contributed by atoms with Crippen LogP contribution in [-0.4, -0.2) is 0 Å². The molecule has 0 fully saturated rings. The molecule has 0 saturated carbocycles. The van der Waals surface area contributed by atoms with Crippen molar-refractivity contribution >= 4 is 21.7 Å². The summed E-state index contributed by atoms with van der Waals surface area (Å²) in [5, 5.41) is 3.38. The lowest BCUT2D eigenvalue weighted by molar-refractivity contribution is 0.307. The van der Waals surface area contributed by atoms with Crippen molar-refractivity contribution in [1.82, 2.24) is 0 Å². The fourth-order valence-corrected chi connectivity index (χ4v) is 3.57. The van der Waals surface area contributed by atoms with E-state index in [1.54, 1.807) is 6.07 Å². The van der Waals surface area contributed by atoms with Gasteiger partial charge < -0.3 is 9.15 Å². The zero-order valence-electron chi connectivity index (χ0n) is 15.6. The number of rotatable bonds is 5. The molecule has 3 heteroatoms. The summed E-state index contributed by atoms with van der Waals surface area (Å²) in [5.41, 5.74) is 3.67. The van der Waals surface area contributed by atoms with E-state index in [1.807, 2.05) is 30.3 Å². The number of aryl methyl sites for hydroxylation is 2.